The van der Waals surface area contributed by atoms with Gasteiger partial charge in [0.05, 0.1) is 4.90 Å². The van der Waals surface area contributed by atoms with Gasteiger partial charge in [-0.2, -0.15) is 21.6 Å². The number of aryl methyl sites for hydroxylation is 1. The van der Waals surface area contributed by atoms with E-state index in [0.717, 1.165) is 59.8 Å². The molecule has 0 aliphatic carbocycles. The maximum atomic E-state index is 12.8. The molecule has 10 heteroatoms. The first kappa shape index (κ1) is 35.1. The number of benzene rings is 4. The lowest BCUT2D eigenvalue weighted by atomic mass is 9.80. The van der Waals surface area contributed by atoms with E-state index in [-0.39, 0.29) is 23.8 Å². The van der Waals surface area contributed by atoms with Crippen molar-refractivity contribution in [2.24, 2.45) is 0 Å². The van der Waals surface area contributed by atoms with Gasteiger partial charge >= 0.3 is 6.18 Å². The van der Waals surface area contributed by atoms with Crippen LogP contribution in [0, 0.1) is 6.92 Å². The van der Waals surface area contributed by atoms with Crippen molar-refractivity contribution in [1.82, 2.24) is 0 Å². The molecule has 1 unspecified atom stereocenters. The third kappa shape index (κ3) is 8.14. The monoisotopic (exact) mass is 655 g/mol. The molecule has 0 fully saturated rings. The number of fused-ring (bicyclic) bond motifs is 1. The molecule has 2 N–H and O–H groups in total. The summed E-state index contributed by atoms with van der Waals surface area (Å²) < 4.78 is 72.9. The molecule has 46 heavy (non-hydrogen) atoms. The third-order valence-electron chi connectivity index (χ3n) is 8.63. The van der Waals surface area contributed by atoms with Crippen molar-refractivity contribution < 1.29 is 26.1 Å². The highest BCUT2D eigenvalue weighted by molar-refractivity contribution is 7.85. The van der Waals surface area contributed by atoms with E-state index in [4.69, 9.17) is 0 Å². The van der Waals surface area contributed by atoms with E-state index >= 15 is 0 Å². The number of halogens is 3. The molecule has 6 nitrogen and oxygen atoms in total. The van der Waals surface area contributed by atoms with Crippen molar-refractivity contribution in [3.63, 3.8) is 0 Å². The molecule has 0 amide bonds. The van der Waals surface area contributed by atoms with Gasteiger partial charge in [-0.15, -0.1) is 0 Å². The van der Waals surface area contributed by atoms with E-state index in [9.17, 15) is 26.1 Å². The van der Waals surface area contributed by atoms with Crippen LogP contribution in [0.2, 0.25) is 0 Å². The average molecular weight is 656 g/mol. The van der Waals surface area contributed by atoms with Crippen molar-refractivity contribution >= 4 is 38.0 Å². The van der Waals surface area contributed by atoms with Crippen LogP contribution in [0.3, 0.4) is 0 Å². The summed E-state index contributed by atoms with van der Waals surface area (Å²) in [6.07, 6.45) is -5.25. The van der Waals surface area contributed by atoms with E-state index in [1.54, 1.807) is 6.07 Å². The molecule has 248 valence electrons. The predicted octanol–water partition coefficient (Wildman–Crippen LogP) is 9.02. The van der Waals surface area contributed by atoms with Crippen LogP contribution in [0.15, 0.2) is 77.7 Å². The summed E-state index contributed by atoms with van der Waals surface area (Å²) in [6, 6.07) is 22.9. The SMILES string of the molecule is CCN(CC)c1ccc(C(c2ccc(N(CC)CC)cc2C)c2ccc(NCCCC(F)(F)F)c3ccc(S(=O)(=O)O)cc23)cc1. The van der Waals surface area contributed by atoms with Crippen molar-refractivity contribution in [2.75, 3.05) is 47.8 Å². The first-order valence-electron chi connectivity index (χ1n) is 15.9. The van der Waals surface area contributed by atoms with Gasteiger partial charge in [0.2, 0.25) is 0 Å². The van der Waals surface area contributed by atoms with E-state index < -0.39 is 22.7 Å². The largest absolute Gasteiger partial charge is 0.389 e. The number of nitrogens with zero attached hydrogens (tertiary/aromatic N) is 2. The number of nitrogens with one attached hydrogen (secondary N) is 1. The predicted molar refractivity (Wildman–Crippen MR) is 183 cm³/mol. The summed E-state index contributed by atoms with van der Waals surface area (Å²) in [4.78, 5) is 4.29. The molecule has 0 radical (unpaired) electrons. The molecular weight excluding hydrogens is 611 g/mol. The molecule has 4 rings (SSSR count). The van der Waals surface area contributed by atoms with Gasteiger partial charge in [-0.25, -0.2) is 0 Å². The summed E-state index contributed by atoms with van der Waals surface area (Å²) in [7, 11) is -4.52. The molecule has 0 spiro atoms. The number of hydrogen-bond acceptors (Lipinski definition) is 5. The molecule has 0 saturated carbocycles. The first-order chi connectivity index (χ1) is 21.8. The molecule has 0 bridgehead atoms. The molecule has 1 atom stereocenters. The van der Waals surface area contributed by atoms with Crippen molar-refractivity contribution in [3.8, 4) is 0 Å². The third-order valence-corrected chi connectivity index (χ3v) is 9.48. The Morgan fingerprint density at radius 3 is 1.91 bits per heavy atom. The second-order valence-electron chi connectivity index (χ2n) is 11.4. The number of hydrogen-bond donors (Lipinski definition) is 2. The maximum Gasteiger partial charge on any atom is 0.389 e. The zero-order valence-corrected chi connectivity index (χ0v) is 28.0. The van der Waals surface area contributed by atoms with Crippen LogP contribution in [0.1, 0.15) is 68.7 Å². The molecule has 0 aromatic heterocycles. The van der Waals surface area contributed by atoms with Gasteiger partial charge in [-0.05, 0) is 111 Å². The van der Waals surface area contributed by atoms with E-state index in [0.29, 0.717) is 16.5 Å². The van der Waals surface area contributed by atoms with Gasteiger partial charge in [0, 0.05) is 67.5 Å². The van der Waals surface area contributed by atoms with Crippen LogP contribution < -0.4 is 15.1 Å². The van der Waals surface area contributed by atoms with E-state index in [1.165, 1.54) is 12.1 Å². The van der Waals surface area contributed by atoms with Crippen molar-refractivity contribution in [2.45, 2.75) is 64.5 Å². The lowest BCUT2D eigenvalue weighted by molar-refractivity contribution is -0.134. The molecule has 0 saturated heterocycles. The lowest BCUT2D eigenvalue weighted by Gasteiger charge is -2.27. The Kier molecular flexibility index (Phi) is 11.3. The fourth-order valence-corrected chi connectivity index (χ4v) is 6.70. The fraction of sp³-hybridized carbons (Fsp3) is 0.389. The smallest absolute Gasteiger partial charge is 0.385 e. The normalized spacial score (nSPS) is 12.7. The molecule has 4 aromatic rings. The van der Waals surface area contributed by atoms with Crippen LogP contribution in [0.5, 0.6) is 0 Å². The topological polar surface area (TPSA) is 72.9 Å². The molecule has 0 heterocycles. The van der Waals surface area contributed by atoms with E-state index in [2.05, 4.69) is 92.2 Å². The van der Waals surface area contributed by atoms with E-state index in [1.807, 2.05) is 12.1 Å². The zero-order valence-electron chi connectivity index (χ0n) is 27.2. The number of rotatable bonds is 14. The van der Waals surface area contributed by atoms with Crippen LogP contribution in [0.25, 0.3) is 10.8 Å². The molecule has 0 aliphatic heterocycles. The second kappa shape index (κ2) is 14.8. The molecule has 0 aliphatic rings. The van der Waals surface area contributed by atoms with Crippen molar-refractivity contribution in [3.05, 3.63) is 95.1 Å². The minimum Gasteiger partial charge on any atom is -0.385 e. The zero-order chi connectivity index (χ0) is 33.6. The fourth-order valence-electron chi connectivity index (χ4n) is 6.19. The average Bonchev–Trinajstić information content (AvgIpc) is 3.01. The Morgan fingerprint density at radius 1 is 0.761 bits per heavy atom. The second-order valence-corrected chi connectivity index (χ2v) is 12.9. The van der Waals surface area contributed by atoms with Crippen LogP contribution in [-0.2, 0) is 10.1 Å². The Hall–Kier alpha value is -3.76. The maximum absolute atomic E-state index is 12.8. The quantitative estimate of drug-likeness (QED) is 0.0803. The number of anilines is 3. The Morgan fingerprint density at radius 2 is 1.35 bits per heavy atom. The van der Waals surface area contributed by atoms with Crippen LogP contribution >= 0.6 is 0 Å². The first-order valence-corrected chi connectivity index (χ1v) is 17.3. The minimum absolute atomic E-state index is 0.0934. The highest BCUT2D eigenvalue weighted by Gasteiger charge is 2.27. The van der Waals surface area contributed by atoms with Gasteiger partial charge in [0.15, 0.2) is 0 Å². The Labute approximate surface area is 271 Å². The minimum atomic E-state index is -4.52. The summed E-state index contributed by atoms with van der Waals surface area (Å²) >= 11 is 0. The van der Waals surface area contributed by atoms with Gasteiger partial charge in [0.25, 0.3) is 10.1 Å². The van der Waals surface area contributed by atoms with Crippen LogP contribution in [0.4, 0.5) is 30.2 Å². The van der Waals surface area contributed by atoms with Gasteiger partial charge in [-0.3, -0.25) is 4.55 Å². The Balaban J connectivity index is 1.93. The molecule has 4 aromatic carbocycles. The lowest BCUT2D eigenvalue weighted by Crippen LogP contribution is -2.22. The summed E-state index contributed by atoms with van der Waals surface area (Å²) in [5, 5.41) is 4.35. The number of alkyl halides is 3. The summed E-state index contributed by atoms with van der Waals surface area (Å²) in [5.74, 6) is -0.310. The van der Waals surface area contributed by atoms with Crippen LogP contribution in [-0.4, -0.2) is 51.9 Å². The van der Waals surface area contributed by atoms with Crippen molar-refractivity contribution in [1.29, 1.82) is 0 Å². The highest BCUT2D eigenvalue weighted by Crippen LogP contribution is 2.41. The Bertz CT molecular complexity index is 1730. The molecular formula is C36H44F3N3O3S. The van der Waals surface area contributed by atoms with Gasteiger partial charge < -0.3 is 15.1 Å². The summed E-state index contributed by atoms with van der Waals surface area (Å²) in [6.45, 7) is 14.1. The van der Waals surface area contributed by atoms with Gasteiger partial charge in [0.1, 0.15) is 0 Å². The van der Waals surface area contributed by atoms with Gasteiger partial charge in [-0.1, -0.05) is 30.3 Å². The highest BCUT2D eigenvalue weighted by atomic mass is 32.2. The standard InChI is InChI=1S/C36H44F3N3O3S/c1-6-41(7-2)27-13-11-26(12-14-27)35(30-17-15-28(23-25(30)5)42(8-3)9-4)32-19-20-34(40-22-10-21-36(37,38)39)31-18-16-29(24-33(31)32)46(43,44)45/h11-20,23-24,35,40H,6-10,21-22H2,1-5H3,(H,43,44,45). The summed E-state index contributed by atoms with van der Waals surface area (Å²) in [5.41, 5.74) is 6.71.